The fourth-order valence-electron chi connectivity index (χ4n) is 2.65. The van der Waals surface area contributed by atoms with E-state index in [1.807, 2.05) is 6.07 Å². The average molecular weight is 284 g/mol. The van der Waals surface area contributed by atoms with Crippen molar-refractivity contribution in [2.75, 3.05) is 6.54 Å². The molecule has 3 rings (SSSR count). The summed E-state index contributed by atoms with van der Waals surface area (Å²) in [6, 6.07) is 2.27. The molecule has 1 N–H and O–H groups in total. The Kier molecular flexibility index (Phi) is 2.63. The Hall–Kier alpha value is -0.280. The van der Waals surface area contributed by atoms with Crippen LogP contribution in [0.1, 0.15) is 44.4 Å². The average Bonchev–Trinajstić information content (AvgIpc) is 3.14. The first kappa shape index (κ1) is 10.8. The zero-order chi connectivity index (χ0) is 11.2. The second-order valence-electron chi connectivity index (χ2n) is 5.37. The van der Waals surface area contributed by atoms with Crippen molar-refractivity contribution in [3.05, 3.63) is 22.6 Å². The van der Waals surface area contributed by atoms with Crippen LogP contribution in [0.4, 0.5) is 0 Å². The second kappa shape index (κ2) is 3.88. The van der Waals surface area contributed by atoms with E-state index in [1.165, 1.54) is 25.7 Å². The van der Waals surface area contributed by atoms with Crippen molar-refractivity contribution in [3.8, 4) is 0 Å². The number of nitrogens with one attached hydrogen (secondary N) is 1. The maximum absolute atomic E-state index is 5.48. The molecule has 2 nitrogen and oxygen atoms in total. The first-order chi connectivity index (χ1) is 7.71. The summed E-state index contributed by atoms with van der Waals surface area (Å²) in [5.41, 5.74) is 0.660. The van der Waals surface area contributed by atoms with Gasteiger partial charge in [0.1, 0.15) is 5.76 Å². The molecule has 1 unspecified atom stereocenters. The molecule has 0 radical (unpaired) electrons. The maximum Gasteiger partial charge on any atom is 0.134 e. The minimum absolute atomic E-state index is 0.306. The van der Waals surface area contributed by atoms with E-state index in [2.05, 4.69) is 28.2 Å². The highest BCUT2D eigenvalue weighted by Crippen LogP contribution is 2.60. The van der Waals surface area contributed by atoms with E-state index >= 15 is 0 Å². The summed E-state index contributed by atoms with van der Waals surface area (Å²) >= 11 is 3.51. The third-order valence-corrected chi connectivity index (χ3v) is 4.79. The van der Waals surface area contributed by atoms with Crippen molar-refractivity contribution >= 4 is 15.9 Å². The normalized spacial score (nSPS) is 24.4. The van der Waals surface area contributed by atoms with Gasteiger partial charge < -0.3 is 9.73 Å². The number of rotatable bonds is 5. The molecule has 88 valence electrons. The smallest absolute Gasteiger partial charge is 0.134 e. The van der Waals surface area contributed by atoms with Crippen LogP contribution in [-0.4, -0.2) is 6.54 Å². The topological polar surface area (TPSA) is 25.2 Å². The van der Waals surface area contributed by atoms with Crippen LogP contribution in [0.15, 0.2) is 21.2 Å². The van der Waals surface area contributed by atoms with Crippen LogP contribution in [0.2, 0.25) is 0 Å². The fraction of sp³-hybridized carbons (Fsp3) is 0.692. The molecule has 0 amide bonds. The van der Waals surface area contributed by atoms with Crippen LogP contribution in [0.5, 0.6) is 0 Å². The molecule has 0 saturated heterocycles. The van der Waals surface area contributed by atoms with Crippen LogP contribution in [0.25, 0.3) is 0 Å². The lowest BCUT2D eigenvalue weighted by molar-refractivity contribution is 0.355. The maximum atomic E-state index is 5.48. The summed E-state index contributed by atoms with van der Waals surface area (Å²) in [7, 11) is 0. The monoisotopic (exact) mass is 283 g/mol. The van der Waals surface area contributed by atoms with Crippen molar-refractivity contribution in [2.24, 2.45) is 11.3 Å². The van der Waals surface area contributed by atoms with Gasteiger partial charge in [0.05, 0.1) is 16.8 Å². The van der Waals surface area contributed by atoms with Gasteiger partial charge in [0, 0.05) is 6.54 Å². The lowest BCUT2D eigenvalue weighted by Crippen LogP contribution is -2.27. The summed E-state index contributed by atoms with van der Waals surface area (Å²) in [5, 5.41) is 3.63. The molecular weight excluding hydrogens is 266 g/mol. The van der Waals surface area contributed by atoms with Crippen molar-refractivity contribution in [2.45, 2.75) is 38.6 Å². The van der Waals surface area contributed by atoms with Crippen molar-refractivity contribution in [3.63, 3.8) is 0 Å². The van der Waals surface area contributed by atoms with Gasteiger partial charge in [0.15, 0.2) is 0 Å². The van der Waals surface area contributed by atoms with Gasteiger partial charge in [0.2, 0.25) is 0 Å². The molecule has 0 spiro atoms. The standard InChI is InChI=1S/C13H18BrNO/c1-9(12-11(14)4-7-16-12)15-8-13(5-6-13)10-2-3-10/h4,7,9-10,15H,2-3,5-6,8H2,1H3. The summed E-state index contributed by atoms with van der Waals surface area (Å²) in [6.07, 6.45) is 7.51. The van der Waals surface area contributed by atoms with E-state index in [9.17, 15) is 0 Å². The molecule has 0 bridgehead atoms. The minimum atomic E-state index is 0.306. The summed E-state index contributed by atoms with van der Waals surface area (Å²) < 4.78 is 6.55. The first-order valence-corrected chi connectivity index (χ1v) is 6.97. The number of halogens is 1. The molecule has 1 heterocycles. The van der Waals surface area contributed by atoms with Crippen LogP contribution in [-0.2, 0) is 0 Å². The van der Waals surface area contributed by atoms with Gasteiger partial charge in [-0.05, 0) is 65.9 Å². The Morgan fingerprint density at radius 2 is 2.31 bits per heavy atom. The van der Waals surface area contributed by atoms with E-state index in [0.717, 1.165) is 22.7 Å². The SMILES string of the molecule is CC(NCC1(C2CC2)CC1)c1occc1Br. The van der Waals surface area contributed by atoms with Gasteiger partial charge in [-0.2, -0.15) is 0 Å². The van der Waals surface area contributed by atoms with Crippen LogP contribution in [0.3, 0.4) is 0 Å². The molecule has 1 aromatic heterocycles. The van der Waals surface area contributed by atoms with Gasteiger partial charge in [-0.1, -0.05) is 0 Å². The highest BCUT2D eigenvalue weighted by Gasteiger charge is 2.53. The fourth-order valence-corrected chi connectivity index (χ4v) is 3.19. The summed E-state index contributed by atoms with van der Waals surface area (Å²) in [5.74, 6) is 2.04. The lowest BCUT2D eigenvalue weighted by atomic mass is 10.0. The molecule has 1 aromatic rings. The van der Waals surface area contributed by atoms with E-state index in [4.69, 9.17) is 4.42 Å². The van der Waals surface area contributed by atoms with Gasteiger partial charge in [-0.15, -0.1) is 0 Å². The van der Waals surface area contributed by atoms with Crippen molar-refractivity contribution in [1.29, 1.82) is 0 Å². The van der Waals surface area contributed by atoms with E-state index in [-0.39, 0.29) is 0 Å². The molecule has 16 heavy (non-hydrogen) atoms. The minimum Gasteiger partial charge on any atom is -0.466 e. The van der Waals surface area contributed by atoms with Gasteiger partial charge in [-0.25, -0.2) is 0 Å². The number of hydrogen-bond acceptors (Lipinski definition) is 2. The van der Waals surface area contributed by atoms with Gasteiger partial charge in [-0.3, -0.25) is 0 Å². The molecule has 2 fully saturated rings. The highest BCUT2D eigenvalue weighted by molar-refractivity contribution is 9.10. The number of hydrogen-bond donors (Lipinski definition) is 1. The van der Waals surface area contributed by atoms with Crippen LogP contribution < -0.4 is 5.32 Å². The quantitative estimate of drug-likeness (QED) is 0.887. The second-order valence-corrected chi connectivity index (χ2v) is 6.23. The largest absolute Gasteiger partial charge is 0.466 e. The predicted molar refractivity (Wildman–Crippen MR) is 67.2 cm³/mol. The van der Waals surface area contributed by atoms with E-state index in [0.29, 0.717) is 11.5 Å². The van der Waals surface area contributed by atoms with Gasteiger partial charge in [0.25, 0.3) is 0 Å². The Bertz CT molecular complexity index is 379. The first-order valence-electron chi connectivity index (χ1n) is 6.17. The van der Waals surface area contributed by atoms with Crippen LogP contribution >= 0.6 is 15.9 Å². The summed E-state index contributed by atoms with van der Waals surface area (Å²) in [6.45, 7) is 3.33. The van der Waals surface area contributed by atoms with E-state index in [1.54, 1.807) is 6.26 Å². The van der Waals surface area contributed by atoms with Crippen molar-refractivity contribution in [1.82, 2.24) is 5.32 Å². The molecule has 1 atom stereocenters. The Morgan fingerprint density at radius 3 is 2.81 bits per heavy atom. The lowest BCUT2D eigenvalue weighted by Gasteiger charge is -2.18. The molecule has 2 aliphatic carbocycles. The predicted octanol–water partition coefficient (Wildman–Crippen LogP) is 3.88. The Labute approximate surface area is 105 Å². The molecule has 2 aliphatic rings. The molecule has 3 heteroatoms. The number of furan rings is 1. The third-order valence-electron chi connectivity index (χ3n) is 4.13. The third kappa shape index (κ3) is 1.95. The summed E-state index contributed by atoms with van der Waals surface area (Å²) in [4.78, 5) is 0. The Balaban J connectivity index is 1.57. The molecule has 2 saturated carbocycles. The molecule has 0 aliphatic heterocycles. The van der Waals surface area contributed by atoms with Crippen molar-refractivity contribution < 1.29 is 4.42 Å². The molecule has 0 aromatic carbocycles. The zero-order valence-electron chi connectivity index (χ0n) is 9.63. The van der Waals surface area contributed by atoms with Gasteiger partial charge >= 0.3 is 0 Å². The van der Waals surface area contributed by atoms with E-state index < -0.39 is 0 Å². The Morgan fingerprint density at radius 1 is 1.56 bits per heavy atom. The van der Waals surface area contributed by atoms with Crippen LogP contribution in [0, 0.1) is 11.3 Å². The zero-order valence-corrected chi connectivity index (χ0v) is 11.2. The molecular formula is C13H18BrNO. The highest BCUT2D eigenvalue weighted by atomic mass is 79.9.